The highest BCUT2D eigenvalue weighted by Gasteiger charge is 1.99. The summed E-state index contributed by atoms with van der Waals surface area (Å²) in [5, 5.41) is 0. The van der Waals surface area contributed by atoms with E-state index < -0.39 is 0 Å². The second-order valence-corrected chi connectivity index (χ2v) is 2.72. The zero-order chi connectivity index (χ0) is 7.82. The Kier molecular flexibility index (Phi) is 6.81. The molecular formula is C7H13O2S. The molecule has 0 aromatic carbocycles. The zero-order valence-electron chi connectivity index (χ0n) is 6.42. The molecule has 0 aliphatic heterocycles. The van der Waals surface area contributed by atoms with Gasteiger partial charge in [0.15, 0.2) is 0 Å². The van der Waals surface area contributed by atoms with Crippen LogP contribution in [0, 0.1) is 6.42 Å². The lowest BCUT2D eigenvalue weighted by Crippen LogP contribution is -2.04. The van der Waals surface area contributed by atoms with E-state index in [1.54, 1.807) is 25.1 Å². The monoisotopic (exact) mass is 161 g/mol. The second kappa shape index (κ2) is 6.93. The molecule has 0 aromatic rings. The van der Waals surface area contributed by atoms with Crippen LogP contribution in [0.3, 0.4) is 0 Å². The Balaban J connectivity index is 3.05. The van der Waals surface area contributed by atoms with Crippen molar-refractivity contribution in [1.82, 2.24) is 0 Å². The molecule has 0 N–H and O–H groups in total. The number of esters is 1. The number of carbonyl (C=O) groups is 1. The van der Waals surface area contributed by atoms with E-state index in [9.17, 15) is 4.79 Å². The minimum Gasteiger partial charge on any atom is -0.466 e. The van der Waals surface area contributed by atoms with E-state index in [1.165, 1.54) is 0 Å². The standard InChI is InChI=1S/C7H13O2S/c1-3-9-7(8)5-4-6-10-2/h5H,3-4,6H2,1-2H3. The Morgan fingerprint density at radius 3 is 2.90 bits per heavy atom. The summed E-state index contributed by atoms with van der Waals surface area (Å²) >= 11 is 1.72. The van der Waals surface area contributed by atoms with E-state index in [0.29, 0.717) is 6.61 Å². The van der Waals surface area contributed by atoms with Gasteiger partial charge in [-0.2, -0.15) is 11.8 Å². The van der Waals surface area contributed by atoms with Gasteiger partial charge in [-0.1, -0.05) is 0 Å². The van der Waals surface area contributed by atoms with Crippen LogP contribution in [0.15, 0.2) is 0 Å². The molecule has 0 unspecified atom stereocenters. The molecule has 0 fully saturated rings. The van der Waals surface area contributed by atoms with Crippen LogP contribution >= 0.6 is 11.8 Å². The first-order valence-corrected chi connectivity index (χ1v) is 4.69. The molecule has 0 amide bonds. The van der Waals surface area contributed by atoms with E-state index in [1.807, 2.05) is 6.26 Å². The van der Waals surface area contributed by atoms with Crippen molar-refractivity contribution >= 4 is 17.7 Å². The fraction of sp³-hybridized carbons (Fsp3) is 0.714. The molecule has 0 heterocycles. The molecule has 1 radical (unpaired) electrons. The fourth-order valence-electron chi connectivity index (χ4n) is 0.496. The number of thioether (sulfide) groups is 1. The summed E-state index contributed by atoms with van der Waals surface area (Å²) in [6.45, 7) is 2.27. The van der Waals surface area contributed by atoms with Gasteiger partial charge in [-0.3, -0.25) is 4.79 Å². The average molecular weight is 161 g/mol. The number of ether oxygens (including phenoxy) is 1. The van der Waals surface area contributed by atoms with E-state index in [4.69, 9.17) is 0 Å². The van der Waals surface area contributed by atoms with Crippen molar-refractivity contribution in [2.45, 2.75) is 13.3 Å². The second-order valence-electron chi connectivity index (χ2n) is 1.74. The van der Waals surface area contributed by atoms with E-state index in [0.717, 1.165) is 12.2 Å². The number of carbonyl (C=O) groups excluding carboxylic acids is 1. The summed E-state index contributed by atoms with van der Waals surface area (Å²) in [4.78, 5) is 10.6. The summed E-state index contributed by atoms with van der Waals surface area (Å²) in [5.41, 5.74) is 0. The Hall–Kier alpha value is -0.180. The third-order valence-corrected chi connectivity index (χ3v) is 1.56. The maximum atomic E-state index is 10.6. The molecule has 10 heavy (non-hydrogen) atoms. The molecular weight excluding hydrogens is 148 g/mol. The molecule has 2 nitrogen and oxygen atoms in total. The maximum absolute atomic E-state index is 10.6. The highest BCUT2D eigenvalue weighted by Crippen LogP contribution is 1.98. The smallest absolute Gasteiger partial charge is 0.309 e. The van der Waals surface area contributed by atoms with Crippen molar-refractivity contribution in [3.63, 3.8) is 0 Å². The van der Waals surface area contributed by atoms with Crippen molar-refractivity contribution < 1.29 is 9.53 Å². The molecule has 0 saturated heterocycles. The molecule has 0 saturated carbocycles. The molecule has 59 valence electrons. The summed E-state index contributed by atoms with van der Waals surface area (Å²) in [6.07, 6.45) is 4.40. The Morgan fingerprint density at radius 1 is 1.70 bits per heavy atom. The molecule has 0 aliphatic carbocycles. The Morgan fingerprint density at radius 2 is 2.40 bits per heavy atom. The summed E-state index contributed by atoms with van der Waals surface area (Å²) in [7, 11) is 0. The number of rotatable bonds is 5. The first kappa shape index (κ1) is 9.82. The normalized spacial score (nSPS) is 9.40. The van der Waals surface area contributed by atoms with Gasteiger partial charge in [0.25, 0.3) is 0 Å². The average Bonchev–Trinajstić information content (AvgIpc) is 1.89. The van der Waals surface area contributed by atoms with Crippen LogP contribution in [0.25, 0.3) is 0 Å². The van der Waals surface area contributed by atoms with Crippen molar-refractivity contribution in [1.29, 1.82) is 0 Å². The van der Waals surface area contributed by atoms with Crippen LogP contribution < -0.4 is 0 Å². The lowest BCUT2D eigenvalue weighted by atomic mass is 10.3. The van der Waals surface area contributed by atoms with Crippen LogP contribution in [-0.2, 0) is 9.53 Å². The largest absolute Gasteiger partial charge is 0.466 e. The van der Waals surface area contributed by atoms with Crippen LogP contribution in [0.4, 0.5) is 0 Å². The predicted molar refractivity (Wildman–Crippen MR) is 43.9 cm³/mol. The summed E-state index contributed by atoms with van der Waals surface area (Å²) in [5.74, 6) is 0.787. The molecule has 0 atom stereocenters. The van der Waals surface area contributed by atoms with Gasteiger partial charge in [-0.15, -0.1) is 0 Å². The topological polar surface area (TPSA) is 26.3 Å². The fourth-order valence-corrected chi connectivity index (χ4v) is 0.849. The molecule has 0 aromatic heterocycles. The van der Waals surface area contributed by atoms with Crippen LogP contribution in [0.5, 0.6) is 0 Å². The van der Waals surface area contributed by atoms with Crippen molar-refractivity contribution in [2.75, 3.05) is 18.6 Å². The highest BCUT2D eigenvalue weighted by molar-refractivity contribution is 7.98. The SMILES string of the molecule is CCOC(=O)[CH]CCSC. The highest BCUT2D eigenvalue weighted by atomic mass is 32.2. The van der Waals surface area contributed by atoms with Gasteiger partial charge in [-0.05, 0) is 25.4 Å². The lowest BCUT2D eigenvalue weighted by molar-refractivity contribution is -0.139. The first-order valence-electron chi connectivity index (χ1n) is 3.30. The van der Waals surface area contributed by atoms with Crippen LogP contribution in [-0.4, -0.2) is 24.6 Å². The van der Waals surface area contributed by atoms with Gasteiger partial charge in [0.1, 0.15) is 0 Å². The van der Waals surface area contributed by atoms with Gasteiger partial charge in [0, 0.05) is 0 Å². The van der Waals surface area contributed by atoms with Gasteiger partial charge >= 0.3 is 5.97 Å². The summed E-state index contributed by atoms with van der Waals surface area (Å²) in [6, 6.07) is 0. The minimum absolute atomic E-state index is 0.198. The van der Waals surface area contributed by atoms with E-state index in [-0.39, 0.29) is 5.97 Å². The molecule has 0 bridgehead atoms. The predicted octanol–water partition coefficient (Wildman–Crippen LogP) is 1.51. The number of hydrogen-bond donors (Lipinski definition) is 0. The van der Waals surface area contributed by atoms with Crippen molar-refractivity contribution in [3.8, 4) is 0 Å². The van der Waals surface area contributed by atoms with Crippen LogP contribution in [0.1, 0.15) is 13.3 Å². The first-order chi connectivity index (χ1) is 4.81. The molecule has 0 spiro atoms. The summed E-state index contributed by atoms with van der Waals surface area (Å²) < 4.78 is 4.68. The Bertz CT molecular complexity index is 93.6. The van der Waals surface area contributed by atoms with Gasteiger partial charge in [0.2, 0.25) is 0 Å². The van der Waals surface area contributed by atoms with Crippen molar-refractivity contribution in [3.05, 3.63) is 6.42 Å². The molecule has 3 heteroatoms. The van der Waals surface area contributed by atoms with E-state index in [2.05, 4.69) is 4.74 Å². The third-order valence-electron chi connectivity index (χ3n) is 0.920. The lowest BCUT2D eigenvalue weighted by Gasteiger charge is -1.98. The minimum atomic E-state index is -0.198. The maximum Gasteiger partial charge on any atom is 0.309 e. The molecule has 0 rings (SSSR count). The zero-order valence-corrected chi connectivity index (χ0v) is 7.24. The number of hydrogen-bond acceptors (Lipinski definition) is 3. The van der Waals surface area contributed by atoms with Gasteiger partial charge < -0.3 is 4.74 Å². The Labute approximate surface area is 66.3 Å². The van der Waals surface area contributed by atoms with Crippen molar-refractivity contribution in [2.24, 2.45) is 0 Å². The van der Waals surface area contributed by atoms with Gasteiger partial charge in [-0.25, -0.2) is 0 Å². The van der Waals surface area contributed by atoms with E-state index >= 15 is 0 Å². The quantitative estimate of drug-likeness (QED) is 0.451. The third kappa shape index (κ3) is 5.95. The van der Waals surface area contributed by atoms with Gasteiger partial charge in [0.05, 0.1) is 13.0 Å². The molecule has 0 aliphatic rings. The van der Waals surface area contributed by atoms with Crippen LogP contribution in [0.2, 0.25) is 0 Å².